The van der Waals surface area contributed by atoms with Gasteiger partial charge in [0.2, 0.25) is 0 Å². The molecule has 38 heavy (non-hydrogen) atoms. The number of benzene rings is 4. The first-order chi connectivity index (χ1) is 17.9. The fourth-order valence-electron chi connectivity index (χ4n) is 3.56. The molecular formula is C27H24ClN3O5S2. The van der Waals surface area contributed by atoms with Crippen molar-refractivity contribution in [2.45, 2.75) is 23.6 Å². The quantitative estimate of drug-likeness (QED) is 0.247. The second-order valence-electron chi connectivity index (χ2n) is 8.49. The van der Waals surface area contributed by atoms with E-state index < -0.39 is 26.0 Å². The van der Waals surface area contributed by atoms with Crippen LogP contribution in [0.1, 0.15) is 21.5 Å². The Labute approximate surface area is 226 Å². The lowest BCUT2D eigenvalue weighted by molar-refractivity contribution is 0.102. The number of rotatable bonds is 8. The molecule has 1 amide bonds. The average Bonchev–Trinajstić information content (AvgIpc) is 2.87. The van der Waals surface area contributed by atoms with E-state index in [1.54, 1.807) is 61.5 Å². The van der Waals surface area contributed by atoms with E-state index in [4.69, 9.17) is 11.6 Å². The smallest absolute Gasteiger partial charge is 0.261 e. The average molecular weight is 570 g/mol. The van der Waals surface area contributed by atoms with E-state index in [2.05, 4.69) is 14.8 Å². The number of aryl methyl sites for hydroxylation is 1. The maximum atomic E-state index is 13.0. The highest BCUT2D eigenvalue weighted by Gasteiger charge is 2.19. The summed E-state index contributed by atoms with van der Waals surface area (Å²) in [6, 6.07) is 23.1. The van der Waals surface area contributed by atoms with Crippen molar-refractivity contribution in [3.05, 3.63) is 113 Å². The van der Waals surface area contributed by atoms with Crippen LogP contribution in [-0.2, 0) is 20.0 Å². The third kappa shape index (κ3) is 6.34. The SMILES string of the molecule is Cc1ccc(S(=O)(=O)Nc2cccc(C(=O)Nc3ccc(S(=O)(=O)Nc4ccc(Cl)cc4)cc3)c2C)cc1. The van der Waals surface area contributed by atoms with Crippen LogP contribution < -0.4 is 14.8 Å². The van der Waals surface area contributed by atoms with E-state index in [1.807, 2.05) is 6.92 Å². The Bertz CT molecular complexity index is 1690. The summed E-state index contributed by atoms with van der Waals surface area (Å²) < 4.78 is 56.0. The molecule has 11 heteroatoms. The molecule has 0 unspecified atom stereocenters. The Hall–Kier alpha value is -3.86. The lowest BCUT2D eigenvalue weighted by Gasteiger charge is -2.14. The minimum atomic E-state index is -3.85. The number of halogens is 1. The maximum Gasteiger partial charge on any atom is 0.261 e. The van der Waals surface area contributed by atoms with Crippen LogP contribution >= 0.6 is 11.6 Å². The maximum absolute atomic E-state index is 13.0. The van der Waals surface area contributed by atoms with Gasteiger partial charge in [-0.25, -0.2) is 16.8 Å². The van der Waals surface area contributed by atoms with Crippen LogP contribution in [0.3, 0.4) is 0 Å². The van der Waals surface area contributed by atoms with Gasteiger partial charge in [-0.2, -0.15) is 0 Å². The Morgan fingerprint density at radius 1 is 0.658 bits per heavy atom. The number of nitrogens with one attached hydrogen (secondary N) is 3. The molecule has 196 valence electrons. The Morgan fingerprint density at radius 2 is 1.18 bits per heavy atom. The Morgan fingerprint density at radius 3 is 1.79 bits per heavy atom. The molecule has 4 aromatic carbocycles. The molecule has 0 aliphatic heterocycles. The van der Waals surface area contributed by atoms with Gasteiger partial charge < -0.3 is 5.32 Å². The van der Waals surface area contributed by atoms with Gasteiger partial charge >= 0.3 is 0 Å². The molecule has 0 atom stereocenters. The highest BCUT2D eigenvalue weighted by molar-refractivity contribution is 7.93. The molecule has 0 fully saturated rings. The lowest BCUT2D eigenvalue weighted by atomic mass is 10.1. The summed E-state index contributed by atoms with van der Waals surface area (Å²) in [6.45, 7) is 3.50. The molecule has 0 spiro atoms. The van der Waals surface area contributed by atoms with Crippen LogP contribution in [0.25, 0.3) is 0 Å². The van der Waals surface area contributed by atoms with E-state index in [-0.39, 0.29) is 21.0 Å². The van der Waals surface area contributed by atoms with Gasteiger partial charge in [-0.05, 0) is 92.2 Å². The zero-order valence-corrected chi connectivity index (χ0v) is 22.8. The molecule has 0 bridgehead atoms. The molecule has 0 saturated carbocycles. The number of hydrogen-bond donors (Lipinski definition) is 3. The van der Waals surface area contributed by atoms with Crippen molar-refractivity contribution in [1.29, 1.82) is 0 Å². The highest BCUT2D eigenvalue weighted by atomic mass is 35.5. The van der Waals surface area contributed by atoms with Crippen molar-refractivity contribution in [3.8, 4) is 0 Å². The molecule has 0 aromatic heterocycles. The number of sulfonamides is 2. The van der Waals surface area contributed by atoms with Crippen LogP contribution in [-0.4, -0.2) is 22.7 Å². The number of anilines is 3. The van der Waals surface area contributed by atoms with E-state index in [0.717, 1.165) is 5.56 Å². The summed E-state index contributed by atoms with van der Waals surface area (Å²) in [5, 5.41) is 3.20. The summed E-state index contributed by atoms with van der Waals surface area (Å²) in [6.07, 6.45) is 0. The summed E-state index contributed by atoms with van der Waals surface area (Å²) in [7, 11) is -7.70. The molecule has 3 N–H and O–H groups in total. The summed E-state index contributed by atoms with van der Waals surface area (Å²) in [5.74, 6) is -0.478. The standard InChI is InChI=1S/C27H24ClN3O5S2/c1-18-6-14-23(15-7-18)38(35,36)31-26-5-3-4-25(19(26)2)27(32)29-21-12-16-24(17-13-21)37(33,34)30-22-10-8-20(28)9-11-22/h3-17,30-31H,1-2H3,(H,29,32). The van der Waals surface area contributed by atoms with Crippen LogP contribution in [0.2, 0.25) is 5.02 Å². The van der Waals surface area contributed by atoms with E-state index in [1.165, 1.54) is 36.4 Å². The summed E-state index contributed by atoms with van der Waals surface area (Å²) in [4.78, 5) is 13.1. The second kappa shape index (κ2) is 10.9. The fraction of sp³-hybridized carbons (Fsp3) is 0.0741. The third-order valence-electron chi connectivity index (χ3n) is 5.67. The van der Waals surface area contributed by atoms with Crippen molar-refractivity contribution in [2.24, 2.45) is 0 Å². The number of carbonyl (C=O) groups is 1. The van der Waals surface area contributed by atoms with E-state index >= 15 is 0 Å². The number of carbonyl (C=O) groups excluding carboxylic acids is 1. The van der Waals surface area contributed by atoms with E-state index in [0.29, 0.717) is 22.0 Å². The van der Waals surface area contributed by atoms with Gasteiger partial charge in [0.05, 0.1) is 15.5 Å². The molecule has 4 aromatic rings. The molecule has 0 aliphatic carbocycles. The minimum absolute atomic E-state index is 0.00846. The molecule has 0 radical (unpaired) electrons. The summed E-state index contributed by atoms with van der Waals surface area (Å²) in [5.41, 5.74) is 2.63. The predicted octanol–water partition coefficient (Wildman–Crippen LogP) is 5.81. The fourth-order valence-corrected chi connectivity index (χ4v) is 5.87. The predicted molar refractivity (Wildman–Crippen MR) is 150 cm³/mol. The van der Waals surface area contributed by atoms with Crippen molar-refractivity contribution >= 4 is 54.6 Å². The van der Waals surface area contributed by atoms with Gasteiger partial charge in [0, 0.05) is 22.0 Å². The van der Waals surface area contributed by atoms with Gasteiger partial charge in [0.1, 0.15) is 0 Å². The van der Waals surface area contributed by atoms with Crippen molar-refractivity contribution in [2.75, 3.05) is 14.8 Å². The van der Waals surface area contributed by atoms with Crippen molar-refractivity contribution in [3.63, 3.8) is 0 Å². The zero-order chi connectivity index (χ0) is 27.5. The van der Waals surface area contributed by atoms with Crippen molar-refractivity contribution in [1.82, 2.24) is 0 Å². The molecule has 4 rings (SSSR count). The zero-order valence-electron chi connectivity index (χ0n) is 20.4. The molecule has 0 heterocycles. The highest BCUT2D eigenvalue weighted by Crippen LogP contribution is 2.25. The number of hydrogen-bond acceptors (Lipinski definition) is 5. The lowest BCUT2D eigenvalue weighted by Crippen LogP contribution is -2.17. The van der Waals surface area contributed by atoms with E-state index in [9.17, 15) is 21.6 Å². The molecule has 8 nitrogen and oxygen atoms in total. The second-order valence-corrected chi connectivity index (χ2v) is 12.3. The first-order valence-corrected chi connectivity index (χ1v) is 14.7. The topological polar surface area (TPSA) is 121 Å². The Balaban J connectivity index is 1.48. The van der Waals surface area contributed by atoms with Crippen LogP contribution in [0.15, 0.2) is 101 Å². The van der Waals surface area contributed by atoms with Crippen molar-refractivity contribution < 1.29 is 21.6 Å². The first-order valence-electron chi connectivity index (χ1n) is 11.3. The molecule has 0 aliphatic rings. The Kier molecular flexibility index (Phi) is 7.77. The largest absolute Gasteiger partial charge is 0.322 e. The normalized spacial score (nSPS) is 11.6. The third-order valence-corrected chi connectivity index (χ3v) is 8.70. The molecule has 0 saturated heterocycles. The molecular weight excluding hydrogens is 546 g/mol. The number of amides is 1. The monoisotopic (exact) mass is 569 g/mol. The van der Waals surface area contributed by atoms with Crippen LogP contribution in [0.5, 0.6) is 0 Å². The minimum Gasteiger partial charge on any atom is -0.322 e. The van der Waals surface area contributed by atoms with Gasteiger partial charge in [0.25, 0.3) is 26.0 Å². The van der Waals surface area contributed by atoms with Gasteiger partial charge in [-0.15, -0.1) is 0 Å². The van der Waals surface area contributed by atoms with Gasteiger partial charge in [-0.1, -0.05) is 35.4 Å². The van der Waals surface area contributed by atoms with Gasteiger partial charge in [-0.3, -0.25) is 14.2 Å². The summed E-state index contributed by atoms with van der Waals surface area (Å²) >= 11 is 5.84. The van der Waals surface area contributed by atoms with Gasteiger partial charge in [0.15, 0.2) is 0 Å². The van der Waals surface area contributed by atoms with Crippen LogP contribution in [0, 0.1) is 13.8 Å². The first kappa shape index (κ1) is 27.2. The van der Waals surface area contributed by atoms with Crippen LogP contribution in [0.4, 0.5) is 17.1 Å².